The van der Waals surface area contributed by atoms with E-state index in [-0.39, 0.29) is 17.5 Å². The lowest BCUT2D eigenvalue weighted by molar-refractivity contribution is 0.0607. The van der Waals surface area contributed by atoms with E-state index < -0.39 is 11.6 Å². The predicted molar refractivity (Wildman–Crippen MR) is 56.2 cm³/mol. The number of aromatic amines is 1. The van der Waals surface area contributed by atoms with Crippen LogP contribution in [0.4, 0.5) is 0 Å². The SMILES string of the molecule is COC(C)c1nc(C(=O)O)c(C(C)(C)O)[nH]1. The lowest BCUT2D eigenvalue weighted by Gasteiger charge is -2.15. The zero-order chi connectivity index (χ0) is 12.5. The van der Waals surface area contributed by atoms with Gasteiger partial charge in [0.05, 0.1) is 5.69 Å². The third kappa shape index (κ3) is 2.40. The molecule has 1 rings (SSSR count). The van der Waals surface area contributed by atoms with Crippen LogP contribution in [0.5, 0.6) is 0 Å². The lowest BCUT2D eigenvalue weighted by Crippen LogP contribution is -2.20. The van der Waals surface area contributed by atoms with Crippen molar-refractivity contribution >= 4 is 5.97 Å². The van der Waals surface area contributed by atoms with Gasteiger partial charge in [0.1, 0.15) is 17.5 Å². The van der Waals surface area contributed by atoms with Crippen molar-refractivity contribution in [3.8, 4) is 0 Å². The number of rotatable bonds is 4. The normalized spacial score (nSPS) is 13.8. The summed E-state index contributed by atoms with van der Waals surface area (Å²) < 4.78 is 5.03. The van der Waals surface area contributed by atoms with Gasteiger partial charge >= 0.3 is 5.97 Å². The van der Waals surface area contributed by atoms with Gasteiger partial charge in [0.15, 0.2) is 5.69 Å². The Kier molecular flexibility index (Phi) is 3.35. The zero-order valence-electron chi connectivity index (χ0n) is 9.74. The highest BCUT2D eigenvalue weighted by atomic mass is 16.5. The van der Waals surface area contributed by atoms with Crippen molar-refractivity contribution in [3.63, 3.8) is 0 Å². The predicted octanol–water partition coefficient (Wildman–Crippen LogP) is 1.04. The maximum absolute atomic E-state index is 11.0. The van der Waals surface area contributed by atoms with Gasteiger partial charge in [-0.1, -0.05) is 0 Å². The minimum atomic E-state index is -1.29. The fraction of sp³-hybridized carbons (Fsp3) is 0.600. The number of imidazole rings is 1. The van der Waals surface area contributed by atoms with Crippen molar-refractivity contribution in [2.75, 3.05) is 7.11 Å². The van der Waals surface area contributed by atoms with E-state index in [2.05, 4.69) is 9.97 Å². The fourth-order valence-electron chi connectivity index (χ4n) is 1.29. The zero-order valence-corrected chi connectivity index (χ0v) is 9.74. The number of aliphatic hydroxyl groups is 1. The standard InChI is InChI=1S/C10H16N2O4/c1-5(16-4)8-11-6(9(13)14)7(12-8)10(2,3)15/h5,15H,1-4H3,(H,11,12)(H,13,14). The molecule has 0 aromatic carbocycles. The summed E-state index contributed by atoms with van der Waals surface area (Å²) in [4.78, 5) is 17.7. The van der Waals surface area contributed by atoms with Crippen molar-refractivity contribution in [2.24, 2.45) is 0 Å². The number of hydrogen-bond acceptors (Lipinski definition) is 4. The van der Waals surface area contributed by atoms with Crippen LogP contribution >= 0.6 is 0 Å². The monoisotopic (exact) mass is 228 g/mol. The van der Waals surface area contributed by atoms with E-state index in [4.69, 9.17) is 9.84 Å². The van der Waals surface area contributed by atoms with Crippen molar-refractivity contribution in [1.82, 2.24) is 9.97 Å². The average molecular weight is 228 g/mol. The number of methoxy groups -OCH3 is 1. The van der Waals surface area contributed by atoms with Crippen LogP contribution in [-0.2, 0) is 10.3 Å². The number of ether oxygens (including phenoxy) is 1. The summed E-state index contributed by atoms with van der Waals surface area (Å²) in [6, 6.07) is 0. The molecule has 0 fully saturated rings. The van der Waals surface area contributed by atoms with Crippen LogP contribution in [0, 0.1) is 0 Å². The van der Waals surface area contributed by atoms with Gasteiger partial charge in [-0.25, -0.2) is 9.78 Å². The van der Waals surface area contributed by atoms with E-state index in [0.29, 0.717) is 5.82 Å². The smallest absolute Gasteiger partial charge is 0.356 e. The van der Waals surface area contributed by atoms with Crippen LogP contribution in [0.2, 0.25) is 0 Å². The van der Waals surface area contributed by atoms with Gasteiger partial charge in [0.25, 0.3) is 0 Å². The van der Waals surface area contributed by atoms with Crippen molar-refractivity contribution in [2.45, 2.75) is 32.5 Å². The Morgan fingerprint density at radius 1 is 1.56 bits per heavy atom. The number of H-pyrrole nitrogens is 1. The van der Waals surface area contributed by atoms with Gasteiger partial charge in [-0.3, -0.25) is 0 Å². The number of aromatic carboxylic acids is 1. The summed E-state index contributed by atoms with van der Waals surface area (Å²) in [6.07, 6.45) is -0.353. The molecule has 0 spiro atoms. The molecule has 1 atom stereocenters. The van der Waals surface area contributed by atoms with Crippen LogP contribution in [0.3, 0.4) is 0 Å². The molecule has 0 radical (unpaired) electrons. The Morgan fingerprint density at radius 3 is 2.44 bits per heavy atom. The molecule has 1 heterocycles. The summed E-state index contributed by atoms with van der Waals surface area (Å²) in [5.41, 5.74) is -1.28. The Balaban J connectivity index is 3.26. The van der Waals surface area contributed by atoms with Gasteiger partial charge in [-0.05, 0) is 20.8 Å². The van der Waals surface area contributed by atoms with E-state index >= 15 is 0 Å². The number of carboxylic acid groups (broad SMARTS) is 1. The van der Waals surface area contributed by atoms with Crippen LogP contribution in [0.25, 0.3) is 0 Å². The number of carboxylic acids is 1. The number of aromatic nitrogens is 2. The summed E-state index contributed by atoms with van der Waals surface area (Å²) in [5.74, 6) is -0.792. The van der Waals surface area contributed by atoms with Crippen LogP contribution < -0.4 is 0 Å². The van der Waals surface area contributed by atoms with Gasteiger partial charge in [0.2, 0.25) is 0 Å². The third-order valence-electron chi connectivity index (χ3n) is 2.28. The molecule has 6 heteroatoms. The summed E-state index contributed by atoms with van der Waals surface area (Å²) in [6.45, 7) is 4.72. The average Bonchev–Trinajstić information content (AvgIpc) is 2.60. The van der Waals surface area contributed by atoms with Crippen LogP contribution in [-0.4, -0.2) is 33.3 Å². The van der Waals surface area contributed by atoms with Gasteiger partial charge in [-0.15, -0.1) is 0 Å². The Morgan fingerprint density at radius 2 is 2.12 bits per heavy atom. The molecule has 3 N–H and O–H groups in total. The molecule has 0 saturated heterocycles. The lowest BCUT2D eigenvalue weighted by atomic mass is 10.0. The molecule has 0 aliphatic rings. The van der Waals surface area contributed by atoms with E-state index in [9.17, 15) is 9.90 Å². The quantitative estimate of drug-likeness (QED) is 0.715. The van der Waals surface area contributed by atoms with Crippen molar-refractivity contribution in [3.05, 3.63) is 17.2 Å². The number of carbonyl (C=O) groups is 1. The minimum absolute atomic E-state index is 0.175. The van der Waals surface area contributed by atoms with Crippen LogP contribution in [0.1, 0.15) is 48.9 Å². The minimum Gasteiger partial charge on any atom is -0.476 e. The molecular formula is C10H16N2O4. The number of hydrogen-bond donors (Lipinski definition) is 3. The highest BCUT2D eigenvalue weighted by Crippen LogP contribution is 2.24. The second kappa shape index (κ2) is 4.23. The van der Waals surface area contributed by atoms with Crippen molar-refractivity contribution in [1.29, 1.82) is 0 Å². The molecule has 0 saturated carbocycles. The number of nitrogens with one attached hydrogen (secondary N) is 1. The highest BCUT2D eigenvalue weighted by Gasteiger charge is 2.29. The largest absolute Gasteiger partial charge is 0.476 e. The Hall–Kier alpha value is -1.40. The molecular weight excluding hydrogens is 212 g/mol. The summed E-state index contributed by atoms with van der Waals surface area (Å²) in [7, 11) is 1.50. The molecule has 1 unspecified atom stereocenters. The van der Waals surface area contributed by atoms with Gasteiger partial charge in [-0.2, -0.15) is 0 Å². The molecule has 0 aliphatic carbocycles. The Bertz CT molecular complexity index is 392. The first-order valence-corrected chi connectivity index (χ1v) is 4.86. The molecule has 1 aromatic rings. The fourth-order valence-corrected chi connectivity index (χ4v) is 1.29. The highest BCUT2D eigenvalue weighted by molar-refractivity contribution is 5.87. The maximum atomic E-state index is 11.0. The number of nitrogens with zero attached hydrogens (tertiary/aromatic N) is 1. The second-order valence-electron chi connectivity index (χ2n) is 4.09. The van der Waals surface area contributed by atoms with Gasteiger partial charge in [0, 0.05) is 7.11 Å². The van der Waals surface area contributed by atoms with E-state index in [0.717, 1.165) is 0 Å². The first kappa shape index (κ1) is 12.7. The van der Waals surface area contributed by atoms with Crippen molar-refractivity contribution < 1.29 is 19.7 Å². The molecule has 0 aliphatic heterocycles. The first-order chi connectivity index (χ1) is 7.27. The molecule has 1 aromatic heterocycles. The summed E-state index contributed by atoms with van der Waals surface area (Å²) in [5, 5.41) is 18.8. The summed E-state index contributed by atoms with van der Waals surface area (Å²) >= 11 is 0. The molecule has 0 bridgehead atoms. The molecule has 6 nitrogen and oxygen atoms in total. The maximum Gasteiger partial charge on any atom is 0.356 e. The second-order valence-corrected chi connectivity index (χ2v) is 4.09. The topological polar surface area (TPSA) is 95.4 Å². The van der Waals surface area contributed by atoms with Crippen LogP contribution in [0.15, 0.2) is 0 Å². The molecule has 0 amide bonds. The third-order valence-corrected chi connectivity index (χ3v) is 2.28. The van der Waals surface area contributed by atoms with E-state index in [1.165, 1.54) is 21.0 Å². The first-order valence-electron chi connectivity index (χ1n) is 4.86. The molecule has 16 heavy (non-hydrogen) atoms. The molecule has 90 valence electrons. The van der Waals surface area contributed by atoms with Gasteiger partial charge < -0.3 is 19.9 Å². The van der Waals surface area contributed by atoms with E-state index in [1.807, 2.05) is 0 Å². The Labute approximate surface area is 93.3 Å². The van der Waals surface area contributed by atoms with E-state index in [1.54, 1.807) is 6.92 Å².